The zero-order valence-corrected chi connectivity index (χ0v) is 24.5. The number of nitrogens with zero attached hydrogens (tertiary/aromatic N) is 2. The van der Waals surface area contributed by atoms with Crippen LogP contribution in [0, 0.1) is 0 Å². The van der Waals surface area contributed by atoms with Crippen LogP contribution in [0.3, 0.4) is 0 Å². The molecular weight excluding hydrogens is 566 g/mol. The fraction of sp³-hybridized carbons (Fsp3) is 0.310. The molecule has 2 amide bonds. The fourth-order valence-electron chi connectivity index (χ4n) is 4.01. The predicted octanol–water partition coefficient (Wildman–Crippen LogP) is 5.37. The molecule has 7 nitrogen and oxygen atoms in total. The van der Waals surface area contributed by atoms with Crippen LogP contribution in [0.5, 0.6) is 0 Å². The third-order valence-electron chi connectivity index (χ3n) is 5.80. The number of benzene rings is 3. The molecule has 3 rings (SSSR count). The Hall–Kier alpha value is -3.17. The number of anilines is 1. The molecule has 0 fully saturated rings. The van der Waals surface area contributed by atoms with Gasteiger partial charge in [-0.15, -0.1) is 0 Å². The minimum Gasteiger partial charge on any atom is -0.350 e. The topological polar surface area (TPSA) is 86.8 Å². The van der Waals surface area contributed by atoms with Crippen LogP contribution in [0.1, 0.15) is 39.7 Å². The van der Waals surface area contributed by atoms with Crippen molar-refractivity contribution in [2.45, 2.75) is 57.1 Å². The summed E-state index contributed by atoms with van der Waals surface area (Å²) < 4.78 is 29.4. The highest BCUT2D eigenvalue weighted by molar-refractivity contribution is 9.10. The molecular formula is C29H34BrN3O4S. The molecule has 1 N–H and O–H groups in total. The van der Waals surface area contributed by atoms with E-state index in [0.717, 1.165) is 14.3 Å². The Labute approximate surface area is 234 Å². The molecule has 0 aliphatic carbocycles. The van der Waals surface area contributed by atoms with E-state index in [1.807, 2.05) is 58.0 Å². The summed E-state index contributed by atoms with van der Waals surface area (Å²) in [6, 6.07) is 23.3. The van der Waals surface area contributed by atoms with Crippen molar-refractivity contribution in [2.75, 3.05) is 10.8 Å². The van der Waals surface area contributed by atoms with E-state index in [0.29, 0.717) is 12.1 Å². The molecule has 0 bridgehead atoms. The summed E-state index contributed by atoms with van der Waals surface area (Å²) >= 11 is 3.38. The highest BCUT2D eigenvalue weighted by Crippen LogP contribution is 2.26. The Kier molecular flexibility index (Phi) is 9.73. The lowest BCUT2D eigenvalue weighted by Crippen LogP contribution is -2.55. The number of nitrogens with one attached hydrogen (secondary N) is 1. The lowest BCUT2D eigenvalue weighted by atomic mass is 10.1. The van der Waals surface area contributed by atoms with E-state index in [-0.39, 0.29) is 17.3 Å². The van der Waals surface area contributed by atoms with E-state index in [2.05, 4.69) is 21.2 Å². The zero-order chi connectivity index (χ0) is 27.9. The van der Waals surface area contributed by atoms with Crippen LogP contribution in [0.4, 0.5) is 5.69 Å². The molecule has 3 aromatic rings. The van der Waals surface area contributed by atoms with Gasteiger partial charge in [-0.1, -0.05) is 71.4 Å². The first-order valence-electron chi connectivity index (χ1n) is 12.4. The first-order chi connectivity index (χ1) is 17.9. The van der Waals surface area contributed by atoms with Crippen LogP contribution in [0.15, 0.2) is 94.3 Å². The predicted molar refractivity (Wildman–Crippen MR) is 154 cm³/mol. The lowest BCUT2D eigenvalue weighted by Gasteiger charge is -2.34. The van der Waals surface area contributed by atoms with E-state index < -0.39 is 34.1 Å². The van der Waals surface area contributed by atoms with Gasteiger partial charge in [0.25, 0.3) is 10.0 Å². The van der Waals surface area contributed by atoms with Gasteiger partial charge < -0.3 is 10.2 Å². The Morgan fingerprint density at radius 1 is 0.895 bits per heavy atom. The minimum absolute atomic E-state index is 0.0721. The summed E-state index contributed by atoms with van der Waals surface area (Å²) in [5.74, 6) is -0.766. The summed E-state index contributed by atoms with van der Waals surface area (Å²) in [6.07, 6.45) is 0.365. The average Bonchev–Trinajstić information content (AvgIpc) is 2.87. The first kappa shape index (κ1) is 29.4. The molecule has 0 aliphatic rings. The van der Waals surface area contributed by atoms with Crippen molar-refractivity contribution in [3.05, 3.63) is 95.0 Å². The van der Waals surface area contributed by atoms with Gasteiger partial charge in [0.1, 0.15) is 12.6 Å². The molecule has 0 spiro atoms. The van der Waals surface area contributed by atoms with Crippen molar-refractivity contribution in [2.24, 2.45) is 0 Å². The molecule has 0 heterocycles. The van der Waals surface area contributed by atoms with Gasteiger partial charge in [-0.2, -0.15) is 0 Å². The number of halogens is 1. The quantitative estimate of drug-likeness (QED) is 0.339. The standard InChI is InChI=1S/C29H34BrN3O4S/c1-5-26(28(35)31-29(2,3)4)32(20-22-12-8-6-9-13-22)27(34)21-33(24-18-16-23(30)17-19-24)38(36,37)25-14-10-7-11-15-25/h6-19,26H,5,20-21H2,1-4H3,(H,31,35). The lowest BCUT2D eigenvalue weighted by molar-refractivity contribution is -0.141. The minimum atomic E-state index is -4.08. The van der Waals surface area contributed by atoms with Crippen LogP contribution < -0.4 is 9.62 Å². The molecule has 0 aromatic heterocycles. The first-order valence-corrected chi connectivity index (χ1v) is 14.6. The molecule has 0 aliphatic heterocycles. The van der Waals surface area contributed by atoms with Crippen molar-refractivity contribution >= 4 is 43.5 Å². The van der Waals surface area contributed by atoms with E-state index >= 15 is 0 Å². The Morgan fingerprint density at radius 3 is 1.97 bits per heavy atom. The van der Waals surface area contributed by atoms with E-state index in [1.54, 1.807) is 42.5 Å². The number of hydrogen-bond donors (Lipinski definition) is 1. The van der Waals surface area contributed by atoms with Gasteiger partial charge in [0, 0.05) is 16.6 Å². The third kappa shape index (κ3) is 7.68. The Morgan fingerprint density at radius 2 is 1.45 bits per heavy atom. The average molecular weight is 601 g/mol. The van der Waals surface area contributed by atoms with Gasteiger partial charge in [-0.3, -0.25) is 13.9 Å². The summed E-state index contributed by atoms with van der Waals surface area (Å²) in [5, 5.41) is 2.97. The summed E-state index contributed by atoms with van der Waals surface area (Å²) in [6.45, 7) is 7.17. The Bertz CT molecular complexity index is 1330. The van der Waals surface area contributed by atoms with Gasteiger partial charge in [-0.05, 0) is 69.2 Å². The highest BCUT2D eigenvalue weighted by atomic mass is 79.9. The molecule has 202 valence electrons. The van der Waals surface area contributed by atoms with Crippen LogP contribution in [-0.2, 0) is 26.2 Å². The van der Waals surface area contributed by atoms with Crippen LogP contribution in [-0.4, -0.2) is 43.3 Å². The molecule has 1 unspecified atom stereocenters. The monoisotopic (exact) mass is 599 g/mol. The summed E-state index contributed by atoms with van der Waals surface area (Å²) in [5.41, 5.74) is 0.688. The molecule has 0 saturated carbocycles. The number of carbonyl (C=O) groups excluding carboxylic acids is 2. The fourth-order valence-corrected chi connectivity index (χ4v) is 5.71. The molecule has 3 aromatic carbocycles. The second kappa shape index (κ2) is 12.6. The summed E-state index contributed by atoms with van der Waals surface area (Å²) in [4.78, 5) is 28.8. The van der Waals surface area contributed by atoms with Gasteiger partial charge >= 0.3 is 0 Å². The summed E-state index contributed by atoms with van der Waals surface area (Å²) in [7, 11) is -4.08. The number of amides is 2. The van der Waals surface area contributed by atoms with E-state index in [1.165, 1.54) is 17.0 Å². The largest absolute Gasteiger partial charge is 0.350 e. The van der Waals surface area contributed by atoms with Crippen molar-refractivity contribution in [3.8, 4) is 0 Å². The van der Waals surface area contributed by atoms with Gasteiger partial charge in [0.15, 0.2) is 0 Å². The highest BCUT2D eigenvalue weighted by Gasteiger charge is 2.34. The maximum Gasteiger partial charge on any atom is 0.264 e. The smallest absolute Gasteiger partial charge is 0.264 e. The third-order valence-corrected chi connectivity index (χ3v) is 8.12. The number of hydrogen-bond acceptors (Lipinski definition) is 4. The normalized spacial score (nSPS) is 12.4. The second-order valence-electron chi connectivity index (χ2n) is 9.97. The van der Waals surface area contributed by atoms with E-state index in [4.69, 9.17) is 0 Å². The van der Waals surface area contributed by atoms with Crippen LogP contribution >= 0.6 is 15.9 Å². The van der Waals surface area contributed by atoms with Crippen molar-refractivity contribution in [3.63, 3.8) is 0 Å². The number of sulfonamides is 1. The second-order valence-corrected chi connectivity index (χ2v) is 12.7. The van der Waals surface area contributed by atoms with Gasteiger partial charge in [0.2, 0.25) is 11.8 Å². The Balaban J connectivity index is 2.04. The van der Waals surface area contributed by atoms with Gasteiger partial charge in [0.05, 0.1) is 10.6 Å². The molecule has 1 atom stereocenters. The number of carbonyl (C=O) groups is 2. The van der Waals surface area contributed by atoms with Crippen molar-refractivity contribution < 1.29 is 18.0 Å². The molecule has 0 saturated heterocycles. The SMILES string of the molecule is CCC(C(=O)NC(C)(C)C)N(Cc1ccccc1)C(=O)CN(c1ccc(Br)cc1)S(=O)(=O)c1ccccc1. The maximum atomic E-state index is 14.0. The van der Waals surface area contributed by atoms with Crippen molar-refractivity contribution in [1.82, 2.24) is 10.2 Å². The molecule has 9 heteroatoms. The van der Waals surface area contributed by atoms with E-state index in [9.17, 15) is 18.0 Å². The van der Waals surface area contributed by atoms with Crippen LogP contribution in [0.2, 0.25) is 0 Å². The molecule has 38 heavy (non-hydrogen) atoms. The zero-order valence-electron chi connectivity index (χ0n) is 22.1. The number of rotatable bonds is 10. The van der Waals surface area contributed by atoms with Crippen LogP contribution in [0.25, 0.3) is 0 Å². The molecule has 0 radical (unpaired) electrons. The maximum absolute atomic E-state index is 14.0. The van der Waals surface area contributed by atoms with Gasteiger partial charge in [-0.25, -0.2) is 8.42 Å². The van der Waals surface area contributed by atoms with Crippen molar-refractivity contribution in [1.29, 1.82) is 0 Å².